The zero-order chi connectivity index (χ0) is 62.9. The first-order valence-corrected chi connectivity index (χ1v) is 28.8. The number of carboxylic acid groups (broad SMARTS) is 2. The smallest absolute Gasteiger partial charge is 0.328 e. The molecule has 0 saturated heterocycles. The average molecular weight is 1160 g/mol. The second kappa shape index (κ2) is 39.8. The molecule has 0 unspecified atom stereocenters. The van der Waals surface area contributed by atoms with E-state index in [1.54, 1.807) is 41.9 Å². The number of carbonyl (C=O) groups is 6. The van der Waals surface area contributed by atoms with Crippen molar-refractivity contribution in [3.05, 3.63) is 71.8 Å². The summed E-state index contributed by atoms with van der Waals surface area (Å²) in [5.41, 5.74) is 24.5. The molecule has 4 amide bonds. The minimum atomic E-state index is -1.26. The Bertz CT molecular complexity index is 2070. The van der Waals surface area contributed by atoms with E-state index in [4.69, 9.17) is 52.1 Å². The molecule has 2 rings (SSSR count). The molecule has 0 bridgehead atoms. The summed E-state index contributed by atoms with van der Waals surface area (Å²) >= 11 is 0. The van der Waals surface area contributed by atoms with Gasteiger partial charge in [-0.15, -0.1) is 0 Å². The Kier molecular flexibility index (Phi) is 37.0. The van der Waals surface area contributed by atoms with Crippen molar-refractivity contribution < 1.29 is 68.1 Å². The predicted octanol–water partition coefficient (Wildman–Crippen LogP) is 6.28. The molecule has 0 spiro atoms. The fraction of sp³-hybridized carbons (Fsp3) is 0.677. The summed E-state index contributed by atoms with van der Waals surface area (Å²) in [4.78, 5) is 68.1. The number of aliphatic hydroxyl groups is 2. The lowest BCUT2D eigenvalue weighted by Gasteiger charge is -2.30. The van der Waals surface area contributed by atoms with Gasteiger partial charge in [0.05, 0.1) is 36.3 Å². The topological polar surface area (TPSA) is 348 Å². The number of hydrogen-bond donors (Lipinski definition) is 10. The molecule has 2 aromatic carbocycles. The van der Waals surface area contributed by atoms with Crippen LogP contribution in [0, 0.1) is 58.2 Å². The van der Waals surface area contributed by atoms with Gasteiger partial charge in [0, 0.05) is 89.4 Å². The highest BCUT2D eigenvalue weighted by atomic mass is 16.5. The van der Waals surface area contributed by atoms with Gasteiger partial charge in [0.1, 0.15) is 11.5 Å². The molecule has 20 nitrogen and oxygen atoms in total. The fourth-order valence-electron chi connectivity index (χ4n) is 8.54. The number of aliphatic carboxylic acids is 2. The Labute approximate surface area is 489 Å². The first-order valence-electron chi connectivity index (χ1n) is 28.8. The number of benzene rings is 2. The summed E-state index contributed by atoms with van der Waals surface area (Å²) in [5.74, 6) is -1.76. The van der Waals surface area contributed by atoms with E-state index in [1.807, 2.05) is 52.0 Å². The summed E-state index contributed by atoms with van der Waals surface area (Å²) in [7, 11) is 3.36. The Balaban J connectivity index is 0.00000141. The van der Waals surface area contributed by atoms with Crippen molar-refractivity contribution in [2.45, 2.75) is 159 Å². The van der Waals surface area contributed by atoms with E-state index in [0.717, 1.165) is 37.2 Å². The lowest BCUT2D eigenvalue weighted by molar-refractivity contribution is -0.134. The second-order valence-electron chi connectivity index (χ2n) is 24.1. The number of ether oxygens (including phenoxy) is 4. The van der Waals surface area contributed by atoms with Crippen LogP contribution in [0.5, 0.6) is 11.5 Å². The summed E-state index contributed by atoms with van der Waals surface area (Å²) < 4.78 is 21.8. The van der Waals surface area contributed by atoms with Gasteiger partial charge < -0.3 is 72.9 Å². The molecule has 20 heteroatoms. The van der Waals surface area contributed by atoms with Gasteiger partial charge in [-0.3, -0.25) is 19.2 Å². The van der Waals surface area contributed by atoms with Crippen LogP contribution in [0.2, 0.25) is 0 Å². The van der Waals surface area contributed by atoms with Gasteiger partial charge in [-0.1, -0.05) is 79.7 Å². The number of aliphatic hydroxyl groups excluding tert-OH is 2. The third-order valence-electron chi connectivity index (χ3n) is 14.7. The first kappa shape index (κ1) is 76.4. The summed E-state index contributed by atoms with van der Waals surface area (Å²) in [6, 6.07) is 15.3. The maximum absolute atomic E-state index is 12.9. The van der Waals surface area contributed by atoms with Gasteiger partial charge in [-0.2, -0.15) is 0 Å². The molecule has 0 heterocycles. The summed E-state index contributed by atoms with van der Waals surface area (Å²) in [5, 5.41) is 43.2. The van der Waals surface area contributed by atoms with Crippen LogP contribution < -0.4 is 43.0 Å². The zero-order valence-electron chi connectivity index (χ0n) is 51.8. The van der Waals surface area contributed by atoms with Crippen LogP contribution in [-0.2, 0) is 51.1 Å². The molecular formula is C62H106N6O14. The lowest BCUT2D eigenvalue weighted by Crippen LogP contribution is -2.46. The van der Waals surface area contributed by atoms with E-state index in [1.165, 1.54) is 11.1 Å². The Morgan fingerprint density at radius 1 is 0.537 bits per heavy atom. The van der Waals surface area contributed by atoms with Crippen molar-refractivity contribution in [3.63, 3.8) is 0 Å². The third kappa shape index (κ3) is 32.3. The SMILES string of the molecule is COCCCOc1cccc(C[C@@H](C[C@H](N)[C@@H](O)C[C@H](C(=O)NCC(C)(C)C(N)=O)C(C)C)C(C)C)c1.COCCCOc1cccc(C[C@@H](C[C@H](N)[C@@H](O)C[C@H](C(=O)NCC(C)(C)C(N)=O)C(C)C)C(C)C)c1.O=C(O)/C=C/C(=O)O. The van der Waals surface area contributed by atoms with Gasteiger partial charge in [-0.05, 0) is 137 Å². The van der Waals surface area contributed by atoms with Crippen molar-refractivity contribution in [2.75, 3.05) is 53.7 Å². The molecule has 0 radical (unpaired) electrons. The van der Waals surface area contributed by atoms with Crippen LogP contribution in [0.15, 0.2) is 60.7 Å². The fourth-order valence-corrected chi connectivity index (χ4v) is 8.54. The average Bonchev–Trinajstić information content (AvgIpc) is 3.46. The molecule has 468 valence electrons. The number of amides is 4. The van der Waals surface area contributed by atoms with E-state index in [0.29, 0.717) is 63.3 Å². The van der Waals surface area contributed by atoms with Crippen molar-refractivity contribution in [1.29, 1.82) is 0 Å². The molecule has 8 atom stereocenters. The van der Waals surface area contributed by atoms with Crippen molar-refractivity contribution in [3.8, 4) is 11.5 Å². The molecule has 0 aliphatic heterocycles. The lowest BCUT2D eigenvalue weighted by atomic mass is 9.80. The minimum Gasteiger partial charge on any atom is -0.493 e. The number of carbonyl (C=O) groups excluding carboxylic acids is 4. The van der Waals surface area contributed by atoms with E-state index in [9.17, 15) is 39.0 Å². The van der Waals surface area contributed by atoms with E-state index >= 15 is 0 Å². The van der Waals surface area contributed by atoms with Gasteiger partial charge in [0.2, 0.25) is 23.6 Å². The van der Waals surface area contributed by atoms with Gasteiger partial charge in [0.25, 0.3) is 0 Å². The molecule has 0 saturated carbocycles. The zero-order valence-corrected chi connectivity index (χ0v) is 51.8. The van der Waals surface area contributed by atoms with Gasteiger partial charge in [0.15, 0.2) is 0 Å². The molecule has 2 aromatic rings. The number of carboxylic acids is 2. The largest absolute Gasteiger partial charge is 0.493 e. The van der Waals surface area contributed by atoms with Crippen LogP contribution >= 0.6 is 0 Å². The predicted molar refractivity (Wildman–Crippen MR) is 320 cm³/mol. The number of rotatable bonds is 38. The monoisotopic (exact) mass is 1160 g/mol. The van der Waals surface area contributed by atoms with E-state index in [2.05, 4.69) is 62.6 Å². The highest BCUT2D eigenvalue weighted by molar-refractivity contribution is 5.89. The maximum Gasteiger partial charge on any atom is 0.328 e. The second-order valence-corrected chi connectivity index (χ2v) is 24.1. The van der Waals surface area contributed by atoms with Crippen LogP contribution in [-0.4, -0.2) is 134 Å². The molecule has 82 heavy (non-hydrogen) atoms. The standard InChI is InChI=1S/2C29H51N3O5.C4H4O4/c2*1-19(2)22(14-21-10-8-11-23(15-21)37-13-9-12-36-7)16-25(30)26(33)17-24(20(3)4)27(34)32-18-29(5,6)28(31)35;5-3(6)1-2-4(7)8/h2*8,10-11,15,19-20,22,24-26,33H,9,12-14,16-18,30H2,1-7H3,(H2,31,35)(H,32,34);1-2H,(H,5,6)(H,7,8)/b;;2-1+/t2*22-,24-,25-,26-;/m00./s1. The molecule has 0 aromatic heterocycles. The quantitative estimate of drug-likeness (QED) is 0.0261. The molecule has 0 aliphatic carbocycles. The molecule has 0 aliphatic rings. The van der Waals surface area contributed by atoms with E-state index in [-0.39, 0.29) is 61.4 Å². The Hall–Kier alpha value is -5.64. The van der Waals surface area contributed by atoms with Crippen molar-refractivity contribution >= 4 is 35.6 Å². The Morgan fingerprint density at radius 2 is 0.866 bits per heavy atom. The first-order chi connectivity index (χ1) is 38.2. The number of nitrogens with two attached hydrogens (primary N) is 4. The van der Waals surface area contributed by atoms with Crippen LogP contribution in [0.25, 0.3) is 0 Å². The van der Waals surface area contributed by atoms with Crippen LogP contribution in [0.1, 0.15) is 133 Å². The number of nitrogens with one attached hydrogen (secondary N) is 2. The summed E-state index contributed by atoms with van der Waals surface area (Å²) in [6.45, 7) is 26.1. The molecular weight excluding hydrogens is 1050 g/mol. The minimum absolute atomic E-state index is 0.00562. The van der Waals surface area contributed by atoms with Crippen LogP contribution in [0.3, 0.4) is 0 Å². The number of hydrogen-bond acceptors (Lipinski definition) is 14. The van der Waals surface area contributed by atoms with Crippen LogP contribution in [0.4, 0.5) is 0 Å². The molecule has 14 N–H and O–H groups in total. The van der Waals surface area contributed by atoms with Gasteiger partial charge in [-0.25, -0.2) is 9.59 Å². The highest BCUT2D eigenvalue weighted by Gasteiger charge is 2.34. The van der Waals surface area contributed by atoms with Gasteiger partial charge >= 0.3 is 11.9 Å². The highest BCUT2D eigenvalue weighted by Crippen LogP contribution is 2.30. The maximum atomic E-state index is 12.9. The summed E-state index contributed by atoms with van der Waals surface area (Å²) in [6.07, 6.45) is 4.59. The third-order valence-corrected chi connectivity index (χ3v) is 14.7. The number of methoxy groups -OCH3 is 2. The Morgan fingerprint density at radius 3 is 1.13 bits per heavy atom. The normalized spacial score (nSPS) is 14.8. The number of primary amides is 2. The van der Waals surface area contributed by atoms with Crippen molar-refractivity contribution in [2.24, 2.45) is 81.1 Å². The van der Waals surface area contributed by atoms with E-state index < -0.39 is 70.7 Å². The molecule has 0 fully saturated rings. The van der Waals surface area contributed by atoms with Crippen molar-refractivity contribution in [1.82, 2.24) is 10.6 Å².